The number of benzene rings is 2. The average molecular weight is 772 g/mol. The number of amides is 2. The smallest absolute Gasteiger partial charge is 0.407 e. The molecule has 20 heteroatoms. The molecule has 52 heavy (non-hydrogen) atoms. The maximum absolute atomic E-state index is 12.5. The van der Waals surface area contributed by atoms with Crippen molar-refractivity contribution in [2.75, 3.05) is 13.2 Å². The topological polar surface area (TPSA) is 234 Å². The average Bonchev–Trinajstić information content (AvgIpc) is 3.00. The molecule has 0 aliphatic carbocycles. The van der Waals surface area contributed by atoms with Gasteiger partial charge < -0.3 is 20.1 Å². The summed E-state index contributed by atoms with van der Waals surface area (Å²) in [6, 6.07) is 4.65. The zero-order valence-corrected chi connectivity index (χ0v) is 30.3. The van der Waals surface area contributed by atoms with Crippen LogP contribution in [0.1, 0.15) is 75.1 Å². The van der Waals surface area contributed by atoms with Crippen molar-refractivity contribution >= 4 is 58.7 Å². The Morgan fingerprint density at radius 1 is 0.692 bits per heavy atom. The van der Waals surface area contributed by atoms with Gasteiger partial charge in [-0.05, 0) is 65.8 Å². The summed E-state index contributed by atoms with van der Waals surface area (Å²) in [6.45, 7) is 8.97. The Balaban J connectivity index is 2.12. The lowest BCUT2D eigenvalue weighted by Crippen LogP contribution is -2.42. The van der Waals surface area contributed by atoms with Crippen molar-refractivity contribution in [2.24, 2.45) is 0 Å². The summed E-state index contributed by atoms with van der Waals surface area (Å²) in [5.74, 6) is 3.42. The van der Waals surface area contributed by atoms with Crippen LogP contribution in [0.3, 0.4) is 0 Å². The summed E-state index contributed by atoms with van der Waals surface area (Å²) in [5, 5.41) is 27.0. The Bertz CT molecular complexity index is 1590. The first-order chi connectivity index (χ1) is 24.1. The maximum atomic E-state index is 12.5. The summed E-state index contributed by atoms with van der Waals surface area (Å²) in [5.41, 5.74) is -3.21. The number of alkyl carbamates (subject to hydrolysis) is 2. The molecule has 0 fully saturated rings. The lowest BCUT2D eigenvalue weighted by atomic mass is 10.2. The summed E-state index contributed by atoms with van der Waals surface area (Å²) in [6.07, 6.45) is -1.89. The van der Waals surface area contributed by atoms with Crippen LogP contribution >= 0.6 is 23.2 Å². The number of nitro benzene ring substituents is 2. The number of rotatable bonds is 14. The van der Waals surface area contributed by atoms with Crippen molar-refractivity contribution in [1.29, 1.82) is 0 Å². The zero-order valence-electron chi connectivity index (χ0n) is 28.8. The van der Waals surface area contributed by atoms with Gasteiger partial charge in [0.1, 0.15) is 34.5 Å². The number of carbonyl (C=O) groups excluding carboxylic acids is 4. The monoisotopic (exact) mass is 770 g/mol. The Morgan fingerprint density at radius 3 is 1.35 bits per heavy atom. The van der Waals surface area contributed by atoms with E-state index in [0.717, 1.165) is 24.3 Å². The van der Waals surface area contributed by atoms with Gasteiger partial charge in [0.05, 0.1) is 33.1 Å². The van der Waals surface area contributed by atoms with E-state index in [1.165, 1.54) is 12.1 Å². The molecule has 2 N–H and O–H groups in total. The molecule has 2 rings (SSSR count). The molecular weight excluding hydrogens is 735 g/mol. The van der Waals surface area contributed by atoms with E-state index in [1.807, 2.05) is 0 Å². The van der Waals surface area contributed by atoms with Gasteiger partial charge in [-0.3, -0.25) is 30.0 Å². The van der Waals surface area contributed by atoms with Crippen LogP contribution < -0.4 is 10.6 Å². The van der Waals surface area contributed by atoms with Crippen molar-refractivity contribution < 1.29 is 58.0 Å². The highest BCUT2D eigenvalue weighted by atomic mass is 35.5. The first kappa shape index (κ1) is 42.9. The molecule has 282 valence electrons. The summed E-state index contributed by atoms with van der Waals surface area (Å²) >= 11 is 11.6. The van der Waals surface area contributed by atoms with E-state index in [9.17, 15) is 39.4 Å². The van der Waals surface area contributed by atoms with Gasteiger partial charge in [0.15, 0.2) is 0 Å². The molecule has 2 aromatic rings. The zero-order chi connectivity index (χ0) is 39.2. The molecule has 0 saturated heterocycles. The standard InChI is InChI=1S/C32H36Cl2N4O14/c1-31(2,3)49-29(41)35-21(17-47-51-27(39)19-11-13-23(33)25(15-19)37(43)44)9-7-8-10-22(36-30(42)50-32(4,5)6)18-48-52-28(40)20-12-14-24(34)26(16-20)38(45)46/h11-16,21-22H,9-10,17-18H2,1-6H3,(H,35,41)(H,36,42)/t21-,22-/m0/s1. The summed E-state index contributed by atoms with van der Waals surface area (Å²) in [7, 11) is 0. The molecule has 0 aromatic heterocycles. The molecule has 0 spiro atoms. The molecule has 18 nitrogen and oxygen atoms in total. The van der Waals surface area contributed by atoms with Gasteiger partial charge in [-0.25, -0.2) is 19.2 Å². The number of halogens is 2. The highest BCUT2D eigenvalue weighted by Gasteiger charge is 2.24. The fourth-order valence-corrected chi connectivity index (χ4v) is 4.01. The molecule has 0 aliphatic heterocycles. The van der Waals surface area contributed by atoms with Gasteiger partial charge in [0, 0.05) is 25.0 Å². The predicted octanol–water partition coefficient (Wildman–Crippen LogP) is 6.26. The lowest BCUT2D eigenvalue weighted by Gasteiger charge is -2.23. The molecule has 0 heterocycles. The Kier molecular flexibility index (Phi) is 16.0. The Labute approximate surface area is 307 Å². The van der Waals surface area contributed by atoms with E-state index < -0.39 is 81.8 Å². The fraction of sp³-hybridized carbons (Fsp3) is 0.438. The number of nitro groups is 2. The minimum atomic E-state index is -1.08. The van der Waals surface area contributed by atoms with E-state index in [-0.39, 0.29) is 34.0 Å². The predicted molar refractivity (Wildman–Crippen MR) is 182 cm³/mol. The van der Waals surface area contributed by atoms with E-state index >= 15 is 0 Å². The number of hydrogen-bond donors (Lipinski definition) is 2. The third-order valence-electron chi connectivity index (χ3n) is 5.83. The van der Waals surface area contributed by atoms with Gasteiger partial charge in [-0.15, -0.1) is 11.8 Å². The van der Waals surface area contributed by atoms with E-state index in [2.05, 4.69) is 22.5 Å². The molecule has 2 amide bonds. The van der Waals surface area contributed by atoms with Crippen molar-refractivity contribution in [3.05, 3.63) is 77.8 Å². The van der Waals surface area contributed by atoms with Crippen LogP contribution in [-0.4, -0.2) is 70.5 Å². The molecule has 0 radical (unpaired) electrons. The highest BCUT2D eigenvalue weighted by molar-refractivity contribution is 6.33. The van der Waals surface area contributed by atoms with Gasteiger partial charge in [0.2, 0.25) is 0 Å². The molecule has 0 unspecified atom stereocenters. The molecule has 0 saturated carbocycles. The van der Waals surface area contributed by atoms with Crippen LogP contribution in [-0.2, 0) is 29.0 Å². The Morgan fingerprint density at radius 2 is 1.04 bits per heavy atom. The molecule has 0 aliphatic rings. The van der Waals surface area contributed by atoms with E-state index in [4.69, 9.17) is 52.2 Å². The molecule has 2 atom stereocenters. The van der Waals surface area contributed by atoms with Gasteiger partial charge in [-0.2, -0.15) is 9.78 Å². The quantitative estimate of drug-likeness (QED) is 0.0934. The Hall–Kier alpha value is -5.22. The molecule has 2 aromatic carbocycles. The van der Waals surface area contributed by atoms with Gasteiger partial charge in [0.25, 0.3) is 11.4 Å². The number of hydrogen-bond acceptors (Lipinski definition) is 14. The van der Waals surface area contributed by atoms with Crippen molar-refractivity contribution in [3.63, 3.8) is 0 Å². The minimum absolute atomic E-state index is 0.104. The molecule has 0 bridgehead atoms. The second-order valence-corrected chi connectivity index (χ2v) is 13.4. The van der Waals surface area contributed by atoms with Crippen molar-refractivity contribution in [3.8, 4) is 11.8 Å². The van der Waals surface area contributed by atoms with E-state index in [1.54, 1.807) is 41.5 Å². The van der Waals surface area contributed by atoms with Crippen LogP contribution in [0.5, 0.6) is 0 Å². The summed E-state index contributed by atoms with van der Waals surface area (Å²) < 4.78 is 10.5. The van der Waals surface area contributed by atoms with Crippen LogP contribution in [0.15, 0.2) is 36.4 Å². The first-order valence-corrected chi connectivity index (χ1v) is 15.9. The van der Waals surface area contributed by atoms with Crippen LogP contribution in [0.2, 0.25) is 10.0 Å². The first-order valence-electron chi connectivity index (χ1n) is 15.2. The second kappa shape index (κ2) is 19.4. The third kappa shape index (κ3) is 15.8. The summed E-state index contributed by atoms with van der Waals surface area (Å²) in [4.78, 5) is 90.1. The number of nitrogens with zero attached hydrogens (tertiary/aromatic N) is 2. The third-order valence-corrected chi connectivity index (χ3v) is 6.47. The SMILES string of the molecule is CC(C)(C)OC(=O)N[C@@H](CC#CC[C@@H](COOC(=O)c1ccc(Cl)c([N+](=O)[O-])c1)NC(=O)OC(C)(C)C)COOC(=O)c1ccc(Cl)c([N+](=O)[O-])c1. The normalized spacial score (nSPS) is 12.2. The van der Waals surface area contributed by atoms with Gasteiger partial charge >= 0.3 is 24.1 Å². The second-order valence-electron chi connectivity index (χ2n) is 12.6. The van der Waals surface area contributed by atoms with Gasteiger partial charge in [-0.1, -0.05) is 23.2 Å². The lowest BCUT2D eigenvalue weighted by molar-refractivity contribution is -0.384. The van der Waals surface area contributed by atoms with E-state index in [0.29, 0.717) is 0 Å². The van der Waals surface area contributed by atoms with Crippen molar-refractivity contribution in [2.45, 2.75) is 77.7 Å². The molecular formula is C32H36Cl2N4O14. The number of nitrogens with one attached hydrogen (secondary N) is 2. The maximum Gasteiger partial charge on any atom is 0.407 e. The van der Waals surface area contributed by atoms with Crippen LogP contribution in [0, 0.1) is 32.1 Å². The van der Waals surface area contributed by atoms with Crippen LogP contribution in [0.25, 0.3) is 0 Å². The van der Waals surface area contributed by atoms with Crippen LogP contribution in [0.4, 0.5) is 21.0 Å². The largest absolute Gasteiger partial charge is 0.444 e. The minimum Gasteiger partial charge on any atom is -0.444 e. The number of carbonyl (C=O) groups is 4. The highest BCUT2D eigenvalue weighted by Crippen LogP contribution is 2.26. The fourth-order valence-electron chi connectivity index (χ4n) is 3.64. The number of ether oxygens (including phenoxy) is 2. The van der Waals surface area contributed by atoms with Crippen molar-refractivity contribution in [1.82, 2.24) is 10.6 Å².